The Labute approximate surface area is 196 Å². The molecule has 4 N–H and O–H groups in total. The van der Waals surface area contributed by atoms with Crippen LogP contribution in [0.5, 0.6) is 23.0 Å². The summed E-state index contributed by atoms with van der Waals surface area (Å²) >= 11 is 0. The summed E-state index contributed by atoms with van der Waals surface area (Å²) in [5, 5.41) is 49.2. The van der Waals surface area contributed by atoms with Gasteiger partial charge in [-0.15, -0.1) is 0 Å². The first-order valence-electron chi connectivity index (χ1n) is 10.4. The second-order valence-corrected chi connectivity index (χ2v) is 8.36. The third kappa shape index (κ3) is 2.49. The molecule has 4 aromatic rings. The lowest BCUT2D eigenvalue weighted by atomic mass is 9.70. The van der Waals surface area contributed by atoms with E-state index in [-0.39, 0.29) is 23.0 Å². The van der Waals surface area contributed by atoms with Crippen molar-refractivity contribution in [3.63, 3.8) is 0 Å². The summed E-state index contributed by atoms with van der Waals surface area (Å²) in [5.74, 6) is -1.28. The van der Waals surface area contributed by atoms with Crippen LogP contribution in [0.3, 0.4) is 0 Å². The Morgan fingerprint density at radius 3 is 1.29 bits per heavy atom. The Hall–Kier alpha value is -5.30. The van der Waals surface area contributed by atoms with Crippen molar-refractivity contribution in [3.8, 4) is 45.3 Å². The van der Waals surface area contributed by atoms with Gasteiger partial charge in [0.1, 0.15) is 0 Å². The van der Waals surface area contributed by atoms with E-state index in [2.05, 4.69) is 20.1 Å². The molecule has 0 saturated carbocycles. The van der Waals surface area contributed by atoms with Gasteiger partial charge >= 0.3 is 0 Å². The van der Waals surface area contributed by atoms with Crippen LogP contribution in [0.25, 0.3) is 43.1 Å². The standard InChI is InChI=1S/C25H14N6O4/c26-30-28-11-1-3-13-15-7-21(32)23(34)9-19(15)25(17(13)5-11)18-6-12(29-31-27)2-4-14(18)16-8-22(33)24(35)10-20(16)25/h1-10,32-35H. The Kier molecular flexibility index (Phi) is 3.98. The molecule has 2 aliphatic rings. The van der Waals surface area contributed by atoms with E-state index >= 15 is 0 Å². The highest BCUT2D eigenvalue weighted by atomic mass is 16.3. The SMILES string of the molecule is [N-]=[N+]=Nc1ccc2c(c1)C1(c3cc(N=[N+]=[N-])ccc3-c3cc(O)c(O)cc31)c1cc(O)c(O)cc1-2. The van der Waals surface area contributed by atoms with Gasteiger partial charge in [0.25, 0.3) is 0 Å². The first-order valence-corrected chi connectivity index (χ1v) is 10.4. The first kappa shape index (κ1) is 20.3. The highest BCUT2D eigenvalue weighted by molar-refractivity contribution is 5.97. The molecule has 0 aromatic heterocycles. The lowest BCUT2D eigenvalue weighted by molar-refractivity contribution is 0.402. The fourth-order valence-electron chi connectivity index (χ4n) is 5.47. The molecule has 0 bridgehead atoms. The van der Waals surface area contributed by atoms with E-state index in [0.717, 1.165) is 0 Å². The molecule has 0 unspecified atom stereocenters. The summed E-state index contributed by atoms with van der Waals surface area (Å²) in [6, 6.07) is 16.1. The van der Waals surface area contributed by atoms with Crippen molar-refractivity contribution in [3.05, 3.63) is 104 Å². The molecule has 0 fully saturated rings. The van der Waals surface area contributed by atoms with Crippen molar-refractivity contribution in [2.45, 2.75) is 5.41 Å². The van der Waals surface area contributed by atoms with Gasteiger partial charge in [-0.2, -0.15) is 0 Å². The van der Waals surface area contributed by atoms with Crippen LogP contribution >= 0.6 is 0 Å². The number of aromatic hydroxyl groups is 4. The number of phenols is 4. The summed E-state index contributed by atoms with van der Waals surface area (Å²) < 4.78 is 0. The molecule has 0 heterocycles. The van der Waals surface area contributed by atoms with Gasteiger partial charge in [-0.1, -0.05) is 34.5 Å². The first-order chi connectivity index (χ1) is 16.9. The monoisotopic (exact) mass is 462 g/mol. The number of azide groups is 2. The van der Waals surface area contributed by atoms with Gasteiger partial charge in [0.2, 0.25) is 0 Å². The molecule has 4 aromatic carbocycles. The van der Waals surface area contributed by atoms with E-state index in [1.54, 1.807) is 36.4 Å². The lowest BCUT2D eigenvalue weighted by Crippen LogP contribution is -2.25. The van der Waals surface area contributed by atoms with Crippen LogP contribution in [0.4, 0.5) is 11.4 Å². The third-order valence-corrected chi connectivity index (χ3v) is 6.75. The maximum atomic E-state index is 10.5. The van der Waals surface area contributed by atoms with Gasteiger partial charge in [-0.05, 0) is 92.0 Å². The van der Waals surface area contributed by atoms with Crippen molar-refractivity contribution in [2.24, 2.45) is 10.2 Å². The molecule has 0 atom stereocenters. The van der Waals surface area contributed by atoms with E-state index in [1.165, 1.54) is 24.3 Å². The molecule has 10 heteroatoms. The van der Waals surface area contributed by atoms with E-state index in [9.17, 15) is 20.4 Å². The smallest absolute Gasteiger partial charge is 0.158 e. The van der Waals surface area contributed by atoms with Crippen LogP contribution < -0.4 is 0 Å². The Morgan fingerprint density at radius 1 is 0.514 bits per heavy atom. The van der Waals surface area contributed by atoms with Crippen LogP contribution in [0.15, 0.2) is 70.9 Å². The molecule has 0 saturated heterocycles. The van der Waals surface area contributed by atoms with Crippen LogP contribution in [-0.2, 0) is 5.41 Å². The fraction of sp³-hybridized carbons (Fsp3) is 0.0400. The molecular weight excluding hydrogens is 448 g/mol. The quantitative estimate of drug-likeness (QED) is 0.0964. The summed E-state index contributed by atoms with van der Waals surface area (Å²) in [5.41, 5.74) is 22.8. The van der Waals surface area contributed by atoms with E-state index in [1.807, 2.05) is 0 Å². The van der Waals surface area contributed by atoms with Crippen LogP contribution in [0.2, 0.25) is 0 Å². The number of rotatable bonds is 2. The summed E-state index contributed by atoms with van der Waals surface area (Å²) in [7, 11) is 0. The molecule has 0 radical (unpaired) electrons. The largest absolute Gasteiger partial charge is 0.504 e. The molecule has 0 aliphatic heterocycles. The summed E-state index contributed by atoms with van der Waals surface area (Å²) in [6.45, 7) is 0. The Bertz CT molecular complexity index is 1590. The zero-order chi connectivity index (χ0) is 24.5. The fourth-order valence-corrected chi connectivity index (χ4v) is 5.47. The topological polar surface area (TPSA) is 178 Å². The van der Waals surface area contributed by atoms with Gasteiger partial charge < -0.3 is 20.4 Å². The van der Waals surface area contributed by atoms with Crippen molar-refractivity contribution in [2.75, 3.05) is 0 Å². The number of hydrogen-bond donors (Lipinski definition) is 4. The van der Waals surface area contributed by atoms with E-state index < -0.39 is 5.41 Å². The normalized spacial score (nSPS) is 16.0. The Balaban J connectivity index is 1.86. The zero-order valence-corrected chi connectivity index (χ0v) is 17.7. The highest BCUT2D eigenvalue weighted by Crippen LogP contribution is 2.65. The van der Waals surface area contributed by atoms with Crippen LogP contribution in [0.1, 0.15) is 22.3 Å². The predicted octanol–water partition coefficient (Wildman–Crippen LogP) is 6.74. The van der Waals surface area contributed by atoms with Crippen LogP contribution in [-0.4, -0.2) is 20.4 Å². The molecule has 0 amide bonds. The van der Waals surface area contributed by atoms with Gasteiger partial charge in [0.05, 0.1) is 5.41 Å². The number of benzene rings is 4. The molecule has 2 aliphatic carbocycles. The molecule has 6 rings (SSSR count). The molecular formula is C25H14N6O4. The highest BCUT2D eigenvalue weighted by Gasteiger charge is 2.52. The Morgan fingerprint density at radius 2 is 0.886 bits per heavy atom. The minimum absolute atomic E-state index is 0.305. The lowest BCUT2D eigenvalue weighted by Gasteiger charge is -2.31. The summed E-state index contributed by atoms with van der Waals surface area (Å²) in [4.78, 5) is 5.79. The van der Waals surface area contributed by atoms with Gasteiger partial charge in [-0.3, -0.25) is 0 Å². The molecule has 1 spiro atoms. The minimum atomic E-state index is -1.15. The van der Waals surface area contributed by atoms with Gasteiger partial charge in [-0.25, -0.2) is 0 Å². The van der Waals surface area contributed by atoms with Crippen molar-refractivity contribution >= 4 is 11.4 Å². The van der Waals surface area contributed by atoms with E-state index in [4.69, 9.17) is 11.1 Å². The average molecular weight is 462 g/mol. The second kappa shape index (κ2) is 6.85. The number of fused-ring (bicyclic) bond motifs is 10. The van der Waals surface area contributed by atoms with Crippen LogP contribution in [0, 0.1) is 0 Å². The van der Waals surface area contributed by atoms with E-state index in [0.29, 0.717) is 55.9 Å². The maximum absolute atomic E-state index is 10.5. The average Bonchev–Trinajstić information content (AvgIpc) is 3.26. The number of phenolic OH excluding ortho intramolecular Hbond substituents is 4. The third-order valence-electron chi connectivity index (χ3n) is 6.75. The van der Waals surface area contributed by atoms with Crippen molar-refractivity contribution < 1.29 is 20.4 Å². The van der Waals surface area contributed by atoms with Crippen molar-refractivity contribution in [1.29, 1.82) is 0 Å². The predicted molar refractivity (Wildman–Crippen MR) is 127 cm³/mol. The molecule has 35 heavy (non-hydrogen) atoms. The van der Waals surface area contributed by atoms with Gasteiger partial charge in [0, 0.05) is 21.2 Å². The minimum Gasteiger partial charge on any atom is -0.504 e. The van der Waals surface area contributed by atoms with Crippen molar-refractivity contribution in [1.82, 2.24) is 0 Å². The molecule has 168 valence electrons. The zero-order valence-electron chi connectivity index (χ0n) is 17.7. The summed E-state index contributed by atoms with van der Waals surface area (Å²) in [6.07, 6.45) is 0. The number of nitrogens with zero attached hydrogens (tertiary/aromatic N) is 6. The maximum Gasteiger partial charge on any atom is 0.158 e. The second-order valence-electron chi connectivity index (χ2n) is 8.36. The number of hydrogen-bond acceptors (Lipinski definition) is 6. The van der Waals surface area contributed by atoms with Gasteiger partial charge in [0.15, 0.2) is 23.0 Å². The molecule has 10 nitrogen and oxygen atoms in total.